The minimum absolute atomic E-state index is 0.00198. The Labute approximate surface area is 197 Å². The molecule has 2 amide bonds. The first-order valence-electron chi connectivity index (χ1n) is 11.1. The zero-order valence-corrected chi connectivity index (χ0v) is 19.7. The fourth-order valence-corrected chi connectivity index (χ4v) is 5.04. The van der Waals surface area contributed by atoms with E-state index in [1.165, 1.54) is 11.1 Å². The van der Waals surface area contributed by atoms with Crippen LogP contribution in [0.15, 0.2) is 58.5 Å². The van der Waals surface area contributed by atoms with Crippen LogP contribution in [0.2, 0.25) is 0 Å². The van der Waals surface area contributed by atoms with Gasteiger partial charge in [-0.3, -0.25) is 9.59 Å². The molecular weight excluding hydrogens is 440 g/mol. The Morgan fingerprint density at radius 3 is 2.73 bits per heavy atom. The largest absolute Gasteiger partial charge is 0.493 e. The summed E-state index contributed by atoms with van der Waals surface area (Å²) in [5.74, 6) is 1.15. The number of methoxy groups -OCH3 is 1. The average Bonchev–Trinajstić information content (AvgIpc) is 3.54. The minimum atomic E-state index is -0.273. The van der Waals surface area contributed by atoms with Crippen molar-refractivity contribution >= 4 is 23.2 Å². The third kappa shape index (κ3) is 5.06. The Morgan fingerprint density at radius 1 is 1.18 bits per heavy atom. The summed E-state index contributed by atoms with van der Waals surface area (Å²) in [4.78, 5) is 31.0. The number of carbonyl (C=O) groups is 2. The van der Waals surface area contributed by atoms with Crippen LogP contribution in [-0.4, -0.2) is 55.0 Å². The van der Waals surface area contributed by atoms with Crippen LogP contribution in [0.4, 0.5) is 0 Å². The maximum absolute atomic E-state index is 13.5. The van der Waals surface area contributed by atoms with Crippen LogP contribution in [0.3, 0.4) is 0 Å². The van der Waals surface area contributed by atoms with Crippen LogP contribution in [0, 0.1) is 0 Å². The van der Waals surface area contributed by atoms with E-state index in [0.717, 1.165) is 18.4 Å². The summed E-state index contributed by atoms with van der Waals surface area (Å²) in [6.07, 6.45) is 3.01. The van der Waals surface area contributed by atoms with E-state index in [9.17, 15) is 9.59 Å². The number of para-hydroxylation sites is 2. The van der Waals surface area contributed by atoms with Crippen molar-refractivity contribution < 1.29 is 23.5 Å². The Bertz CT molecular complexity index is 1080. The van der Waals surface area contributed by atoms with Crippen molar-refractivity contribution in [2.75, 3.05) is 33.4 Å². The summed E-state index contributed by atoms with van der Waals surface area (Å²) in [6.45, 7) is 3.34. The number of carbonyl (C=O) groups excluding carboxylic acids is 2. The molecule has 1 unspecified atom stereocenters. The van der Waals surface area contributed by atoms with E-state index in [-0.39, 0.29) is 30.2 Å². The van der Waals surface area contributed by atoms with Crippen molar-refractivity contribution in [1.82, 2.24) is 9.80 Å². The van der Waals surface area contributed by atoms with Crippen LogP contribution in [0.5, 0.6) is 11.5 Å². The summed E-state index contributed by atoms with van der Waals surface area (Å²) < 4.78 is 16.8. The van der Waals surface area contributed by atoms with E-state index >= 15 is 0 Å². The molecule has 0 saturated carbocycles. The first kappa shape index (κ1) is 22.9. The van der Waals surface area contributed by atoms with Gasteiger partial charge in [0, 0.05) is 18.0 Å². The number of amides is 2. The van der Waals surface area contributed by atoms with Crippen molar-refractivity contribution in [3.05, 3.63) is 70.3 Å². The fraction of sp³-hybridized carbons (Fsp3) is 0.360. The third-order valence-corrected chi connectivity index (χ3v) is 6.72. The van der Waals surface area contributed by atoms with Crippen LogP contribution < -0.4 is 9.47 Å². The summed E-state index contributed by atoms with van der Waals surface area (Å²) >= 11 is 1.70. The molecule has 4 rings (SSSR count). The molecule has 1 atom stereocenters. The molecule has 174 valence electrons. The number of hydrogen-bond acceptors (Lipinski definition) is 6. The smallest absolute Gasteiger partial charge is 0.290 e. The molecule has 0 saturated heterocycles. The molecular formula is C25H28N2O5S. The monoisotopic (exact) mass is 468 g/mol. The normalized spacial score (nSPS) is 15.1. The van der Waals surface area contributed by atoms with Crippen molar-refractivity contribution in [3.8, 4) is 11.5 Å². The third-order valence-electron chi connectivity index (χ3n) is 5.72. The summed E-state index contributed by atoms with van der Waals surface area (Å²) in [5, 5.41) is 2.05. The van der Waals surface area contributed by atoms with Crippen LogP contribution in [0.1, 0.15) is 40.4 Å². The van der Waals surface area contributed by atoms with Crippen LogP contribution in [-0.2, 0) is 11.2 Å². The molecule has 0 bridgehead atoms. The highest BCUT2D eigenvalue weighted by Crippen LogP contribution is 2.35. The van der Waals surface area contributed by atoms with Gasteiger partial charge >= 0.3 is 0 Å². The lowest BCUT2D eigenvalue weighted by Gasteiger charge is -2.37. The van der Waals surface area contributed by atoms with Crippen LogP contribution in [0.25, 0.3) is 0 Å². The average molecular weight is 469 g/mol. The molecule has 0 N–H and O–H groups in total. The molecule has 33 heavy (non-hydrogen) atoms. The molecule has 8 heteroatoms. The molecule has 1 aliphatic rings. The standard InChI is InChI=1S/C25H28N2O5S/c1-3-12-26(25(29)22-9-6-14-31-22)16-24(28)27-13-10-23-18(11-15-33-23)19(27)17-32-21-8-5-4-7-20(21)30-2/h4-9,11,14-15,19H,3,10,12-13,16-17H2,1-2H3. The topological polar surface area (TPSA) is 72.2 Å². The molecule has 0 radical (unpaired) electrons. The summed E-state index contributed by atoms with van der Waals surface area (Å²) in [5.41, 5.74) is 1.11. The highest BCUT2D eigenvalue weighted by molar-refractivity contribution is 7.10. The number of ether oxygens (including phenoxy) is 2. The summed E-state index contributed by atoms with van der Waals surface area (Å²) in [7, 11) is 1.61. The molecule has 2 aromatic heterocycles. The van der Waals surface area contributed by atoms with Gasteiger partial charge in [-0.25, -0.2) is 0 Å². The zero-order valence-electron chi connectivity index (χ0n) is 18.9. The maximum Gasteiger partial charge on any atom is 0.290 e. The Hall–Kier alpha value is -3.26. The van der Waals surface area contributed by atoms with E-state index in [1.54, 1.807) is 35.5 Å². The lowest BCUT2D eigenvalue weighted by molar-refractivity contribution is -0.135. The van der Waals surface area contributed by atoms with E-state index < -0.39 is 0 Å². The Morgan fingerprint density at radius 2 is 2.00 bits per heavy atom. The maximum atomic E-state index is 13.5. The molecule has 0 spiro atoms. The lowest BCUT2D eigenvalue weighted by atomic mass is 10.0. The molecule has 7 nitrogen and oxygen atoms in total. The van der Waals surface area contributed by atoms with E-state index in [1.807, 2.05) is 36.1 Å². The first-order chi connectivity index (χ1) is 16.1. The molecule has 1 aliphatic heterocycles. The number of rotatable bonds is 9. The number of nitrogens with zero attached hydrogens (tertiary/aromatic N) is 2. The van der Waals surface area contributed by atoms with Gasteiger partial charge in [-0.2, -0.15) is 0 Å². The number of furan rings is 1. The van der Waals surface area contributed by atoms with Crippen LogP contribution >= 0.6 is 11.3 Å². The molecule has 0 fully saturated rings. The first-order valence-corrected chi connectivity index (χ1v) is 11.9. The van der Waals surface area contributed by atoms with Crippen molar-refractivity contribution in [2.24, 2.45) is 0 Å². The number of hydrogen-bond donors (Lipinski definition) is 0. The Balaban J connectivity index is 1.52. The molecule has 3 heterocycles. The molecule has 0 aliphatic carbocycles. The van der Waals surface area contributed by atoms with Gasteiger partial charge in [0.05, 0.1) is 19.4 Å². The van der Waals surface area contributed by atoms with Crippen molar-refractivity contribution in [1.29, 1.82) is 0 Å². The second kappa shape index (κ2) is 10.6. The quantitative estimate of drug-likeness (QED) is 0.465. The summed E-state index contributed by atoms with van der Waals surface area (Å²) in [6, 6.07) is 12.6. The van der Waals surface area contributed by atoms with Crippen molar-refractivity contribution in [3.63, 3.8) is 0 Å². The second-order valence-corrected chi connectivity index (χ2v) is 8.82. The predicted octanol–water partition coefficient (Wildman–Crippen LogP) is 4.41. The molecule has 1 aromatic carbocycles. The minimum Gasteiger partial charge on any atom is -0.493 e. The Kier molecular flexibility index (Phi) is 7.34. The SMILES string of the molecule is CCCN(CC(=O)N1CCc2sccc2C1COc1ccccc1OC)C(=O)c1ccco1. The second-order valence-electron chi connectivity index (χ2n) is 7.82. The van der Waals surface area contributed by atoms with E-state index in [4.69, 9.17) is 13.9 Å². The number of benzene rings is 1. The van der Waals surface area contributed by atoms with Gasteiger partial charge in [-0.1, -0.05) is 19.1 Å². The van der Waals surface area contributed by atoms with Gasteiger partial charge in [0.15, 0.2) is 17.3 Å². The van der Waals surface area contributed by atoms with Crippen molar-refractivity contribution in [2.45, 2.75) is 25.8 Å². The van der Waals surface area contributed by atoms with Gasteiger partial charge in [-0.05, 0) is 54.1 Å². The van der Waals surface area contributed by atoms with E-state index in [2.05, 4.69) is 11.4 Å². The molecule has 3 aromatic rings. The van der Waals surface area contributed by atoms with Gasteiger partial charge in [-0.15, -0.1) is 11.3 Å². The highest BCUT2D eigenvalue weighted by atomic mass is 32.1. The predicted molar refractivity (Wildman–Crippen MR) is 126 cm³/mol. The van der Waals surface area contributed by atoms with Gasteiger partial charge < -0.3 is 23.7 Å². The lowest BCUT2D eigenvalue weighted by Crippen LogP contribution is -2.48. The van der Waals surface area contributed by atoms with E-state index in [0.29, 0.717) is 31.2 Å². The van der Waals surface area contributed by atoms with Gasteiger partial charge in [0.25, 0.3) is 5.91 Å². The fourth-order valence-electron chi connectivity index (χ4n) is 4.11. The highest BCUT2D eigenvalue weighted by Gasteiger charge is 2.34. The number of thiophene rings is 1. The van der Waals surface area contributed by atoms with Gasteiger partial charge in [0.1, 0.15) is 13.2 Å². The zero-order chi connectivity index (χ0) is 23.2. The van der Waals surface area contributed by atoms with Gasteiger partial charge in [0.2, 0.25) is 5.91 Å². The number of fused-ring (bicyclic) bond motifs is 1.